The van der Waals surface area contributed by atoms with Gasteiger partial charge in [0.15, 0.2) is 0 Å². The van der Waals surface area contributed by atoms with Gasteiger partial charge >= 0.3 is 12.1 Å². The van der Waals surface area contributed by atoms with Crippen molar-refractivity contribution in [3.8, 4) is 0 Å². The minimum absolute atomic E-state index is 0.0633. The van der Waals surface area contributed by atoms with E-state index in [2.05, 4.69) is 10.2 Å². The molecule has 2 atom stereocenters. The predicted molar refractivity (Wildman–Crippen MR) is 69.6 cm³/mol. The summed E-state index contributed by atoms with van der Waals surface area (Å²) < 4.78 is 14.5. The summed E-state index contributed by atoms with van der Waals surface area (Å²) in [7, 11) is 0. The maximum Gasteiger partial charge on any atom is 0.511 e. The molecule has 0 bridgehead atoms. The van der Waals surface area contributed by atoms with Crippen LogP contribution in [0.15, 0.2) is 0 Å². The zero-order valence-electron chi connectivity index (χ0n) is 12.4. The van der Waals surface area contributed by atoms with Crippen LogP contribution < -0.4 is 5.32 Å². The quantitative estimate of drug-likeness (QED) is 0.240. The molecule has 1 aliphatic heterocycles. The molecule has 0 spiro atoms. The van der Waals surface area contributed by atoms with Crippen molar-refractivity contribution in [2.24, 2.45) is 0 Å². The van der Waals surface area contributed by atoms with Crippen molar-refractivity contribution in [1.29, 1.82) is 0 Å². The Morgan fingerprint density at radius 1 is 1.27 bits per heavy atom. The minimum Gasteiger partial charge on any atom is -0.434 e. The van der Waals surface area contributed by atoms with Crippen LogP contribution in [-0.2, 0) is 23.8 Å². The van der Waals surface area contributed by atoms with Gasteiger partial charge in [-0.25, -0.2) is 4.79 Å². The normalized spacial score (nSPS) is 19.0. The molecule has 0 aromatic heterocycles. The van der Waals surface area contributed by atoms with Crippen LogP contribution in [0.25, 0.3) is 0 Å². The van der Waals surface area contributed by atoms with E-state index in [1.807, 2.05) is 0 Å². The van der Waals surface area contributed by atoms with Crippen LogP contribution in [0.3, 0.4) is 0 Å². The smallest absolute Gasteiger partial charge is 0.434 e. The van der Waals surface area contributed by atoms with Gasteiger partial charge in [-0.15, -0.1) is 0 Å². The third-order valence-electron chi connectivity index (χ3n) is 2.85. The first-order valence-electron chi connectivity index (χ1n) is 7.07. The Morgan fingerprint density at radius 2 is 2.00 bits per heavy atom. The van der Waals surface area contributed by atoms with Gasteiger partial charge in [-0.3, -0.25) is 20.0 Å². The number of nitrogens with zero attached hydrogens (tertiary/aromatic N) is 1. The summed E-state index contributed by atoms with van der Waals surface area (Å²) in [5, 5.41) is 19.1. The highest BCUT2D eigenvalue weighted by atomic mass is 17.1. The lowest BCUT2D eigenvalue weighted by Crippen LogP contribution is -2.35. The fourth-order valence-corrected chi connectivity index (χ4v) is 1.83. The van der Waals surface area contributed by atoms with Crippen LogP contribution in [-0.4, -0.2) is 60.0 Å². The molecular formula is C12H22N2O8. The van der Waals surface area contributed by atoms with E-state index in [0.29, 0.717) is 19.3 Å². The van der Waals surface area contributed by atoms with Crippen LogP contribution in [0.2, 0.25) is 0 Å². The van der Waals surface area contributed by atoms with Crippen molar-refractivity contribution >= 4 is 12.1 Å². The molecule has 0 amide bonds. The lowest BCUT2D eigenvalue weighted by atomic mass is 10.2. The SMILES string of the molecule is CC(OC(=O)OCCCCON(O)O)OC(=O)C1CCCN1. The first kappa shape index (κ1) is 18.6. The molecule has 128 valence electrons. The Hall–Kier alpha value is -1.46. The lowest BCUT2D eigenvalue weighted by molar-refractivity contribution is -0.492. The monoisotopic (exact) mass is 322 g/mol. The molecule has 1 rings (SSSR count). The predicted octanol–water partition coefficient (Wildman–Crippen LogP) is 0.573. The second-order valence-electron chi connectivity index (χ2n) is 4.66. The second-order valence-corrected chi connectivity index (χ2v) is 4.66. The number of hydrogen-bond donors (Lipinski definition) is 3. The van der Waals surface area contributed by atoms with Gasteiger partial charge in [0.2, 0.25) is 6.29 Å². The number of rotatable bonds is 9. The minimum atomic E-state index is -1.02. The maximum atomic E-state index is 11.6. The van der Waals surface area contributed by atoms with Gasteiger partial charge in [0, 0.05) is 6.92 Å². The first-order valence-corrected chi connectivity index (χ1v) is 7.07. The zero-order chi connectivity index (χ0) is 16.4. The summed E-state index contributed by atoms with van der Waals surface area (Å²) in [6.45, 7) is 2.34. The highest BCUT2D eigenvalue weighted by molar-refractivity contribution is 5.76. The molecule has 1 aliphatic rings. The largest absolute Gasteiger partial charge is 0.511 e. The van der Waals surface area contributed by atoms with Crippen molar-refractivity contribution in [3.63, 3.8) is 0 Å². The average Bonchev–Trinajstić information content (AvgIpc) is 2.96. The second kappa shape index (κ2) is 10.3. The highest BCUT2D eigenvalue weighted by Crippen LogP contribution is 2.08. The highest BCUT2D eigenvalue weighted by Gasteiger charge is 2.26. The third kappa shape index (κ3) is 8.10. The molecule has 10 nitrogen and oxygen atoms in total. The van der Waals surface area contributed by atoms with Gasteiger partial charge in [0.05, 0.1) is 18.6 Å². The number of nitrogens with one attached hydrogen (secondary N) is 1. The molecule has 0 saturated carbocycles. The van der Waals surface area contributed by atoms with E-state index in [4.69, 9.17) is 24.6 Å². The van der Waals surface area contributed by atoms with Gasteiger partial charge in [-0.1, -0.05) is 0 Å². The summed E-state index contributed by atoms with van der Waals surface area (Å²) in [6.07, 6.45) is 0.545. The lowest BCUT2D eigenvalue weighted by Gasteiger charge is -2.16. The number of carbonyl (C=O) groups excluding carboxylic acids is 2. The fraction of sp³-hybridized carbons (Fsp3) is 0.833. The number of hydrogen-bond acceptors (Lipinski definition) is 10. The molecule has 22 heavy (non-hydrogen) atoms. The van der Waals surface area contributed by atoms with Crippen molar-refractivity contribution in [3.05, 3.63) is 0 Å². The summed E-state index contributed by atoms with van der Waals surface area (Å²) in [5.74, 6) is -0.451. The topological polar surface area (TPSA) is 127 Å². The van der Waals surface area contributed by atoms with E-state index in [9.17, 15) is 9.59 Å². The van der Waals surface area contributed by atoms with Crippen LogP contribution in [0, 0.1) is 0 Å². The van der Waals surface area contributed by atoms with E-state index in [1.165, 1.54) is 6.92 Å². The van der Waals surface area contributed by atoms with Crippen molar-refractivity contribution in [2.45, 2.75) is 44.9 Å². The van der Waals surface area contributed by atoms with Crippen LogP contribution in [0.1, 0.15) is 32.6 Å². The van der Waals surface area contributed by atoms with E-state index >= 15 is 0 Å². The number of ether oxygens (including phenoxy) is 3. The Kier molecular flexibility index (Phi) is 8.70. The Morgan fingerprint density at radius 3 is 2.64 bits per heavy atom. The molecule has 3 N–H and O–H groups in total. The average molecular weight is 322 g/mol. The standard InChI is InChI=1S/C12H22N2O8/c1-9(21-11(15)10-5-4-6-13-10)22-12(16)19-7-2-3-8-20-14(17)18/h9-10,13,17-18H,2-8H2,1H3. The van der Waals surface area contributed by atoms with Gasteiger partial charge in [-0.05, 0) is 32.2 Å². The fourth-order valence-electron chi connectivity index (χ4n) is 1.83. The molecule has 0 radical (unpaired) electrons. The Balaban J connectivity index is 2.04. The van der Waals surface area contributed by atoms with Crippen molar-refractivity contribution < 1.29 is 39.1 Å². The number of unbranched alkanes of at least 4 members (excludes halogenated alkanes) is 1. The van der Waals surface area contributed by atoms with Crippen LogP contribution >= 0.6 is 0 Å². The molecule has 1 heterocycles. The molecule has 1 fully saturated rings. The van der Waals surface area contributed by atoms with Gasteiger partial charge in [0.25, 0.3) is 0 Å². The summed E-state index contributed by atoms with van der Waals surface area (Å²) in [5.41, 5.74) is 0. The molecular weight excluding hydrogens is 300 g/mol. The first-order chi connectivity index (χ1) is 10.5. The van der Waals surface area contributed by atoms with E-state index < -0.39 is 18.4 Å². The van der Waals surface area contributed by atoms with Gasteiger partial charge in [0.1, 0.15) is 6.04 Å². The Bertz CT molecular complexity index is 346. The molecule has 1 saturated heterocycles. The number of esters is 1. The molecule has 2 unspecified atom stereocenters. The number of carbonyl (C=O) groups is 2. The van der Waals surface area contributed by atoms with Crippen LogP contribution in [0.4, 0.5) is 4.79 Å². The van der Waals surface area contributed by atoms with Gasteiger partial charge < -0.3 is 19.5 Å². The Labute approximate surface area is 127 Å². The maximum absolute atomic E-state index is 11.6. The molecule has 0 aromatic rings. The van der Waals surface area contributed by atoms with Crippen molar-refractivity contribution in [2.75, 3.05) is 19.8 Å². The third-order valence-corrected chi connectivity index (χ3v) is 2.85. The van der Waals surface area contributed by atoms with Crippen LogP contribution in [0.5, 0.6) is 0 Å². The molecule has 10 heteroatoms. The summed E-state index contributed by atoms with van der Waals surface area (Å²) in [4.78, 5) is 27.3. The molecule has 0 aromatic carbocycles. The zero-order valence-corrected chi connectivity index (χ0v) is 12.4. The van der Waals surface area contributed by atoms with Crippen molar-refractivity contribution in [1.82, 2.24) is 10.7 Å². The van der Waals surface area contributed by atoms with E-state index in [0.717, 1.165) is 13.0 Å². The van der Waals surface area contributed by atoms with Gasteiger partial charge in [-0.2, -0.15) is 0 Å². The summed E-state index contributed by atoms with van der Waals surface area (Å²) in [6, 6.07) is -0.348. The molecule has 0 aliphatic carbocycles. The van der Waals surface area contributed by atoms with E-state index in [-0.39, 0.29) is 24.6 Å². The van der Waals surface area contributed by atoms with E-state index in [1.54, 1.807) is 0 Å². The summed E-state index contributed by atoms with van der Waals surface area (Å²) >= 11 is 0.